The van der Waals surface area contributed by atoms with E-state index in [1.165, 1.54) is 6.07 Å². The van der Waals surface area contributed by atoms with E-state index in [1.807, 2.05) is 19.1 Å². The Hall–Kier alpha value is -1.09. The molecule has 106 valence electrons. The third-order valence-electron chi connectivity index (χ3n) is 3.17. The minimum Gasteiger partial charge on any atom is -0.310 e. The van der Waals surface area contributed by atoms with E-state index in [9.17, 15) is 4.39 Å². The van der Waals surface area contributed by atoms with Crippen LogP contribution in [0.5, 0.6) is 0 Å². The SMILES string of the molecule is CCNC(Cc1ccc(Cl)cc1Cl)c1ccccc1F. The van der Waals surface area contributed by atoms with Crippen LogP contribution in [-0.4, -0.2) is 6.54 Å². The Morgan fingerprint density at radius 2 is 1.90 bits per heavy atom. The van der Waals surface area contributed by atoms with Crippen molar-refractivity contribution in [3.8, 4) is 0 Å². The fourth-order valence-electron chi connectivity index (χ4n) is 2.20. The molecule has 2 aromatic carbocycles. The monoisotopic (exact) mass is 311 g/mol. The van der Waals surface area contributed by atoms with Gasteiger partial charge in [-0.1, -0.05) is 54.4 Å². The number of benzene rings is 2. The van der Waals surface area contributed by atoms with Crippen LogP contribution in [0.15, 0.2) is 42.5 Å². The summed E-state index contributed by atoms with van der Waals surface area (Å²) in [5.41, 5.74) is 1.60. The first-order valence-corrected chi connectivity index (χ1v) is 7.29. The molecule has 4 heteroatoms. The standard InChI is InChI=1S/C16H16Cl2FN/c1-2-20-16(13-5-3-4-6-15(13)19)9-11-7-8-12(17)10-14(11)18/h3-8,10,16,20H,2,9H2,1H3. The number of hydrogen-bond donors (Lipinski definition) is 1. The van der Waals surface area contributed by atoms with Crippen molar-refractivity contribution in [3.05, 3.63) is 69.5 Å². The van der Waals surface area contributed by atoms with Crippen LogP contribution < -0.4 is 5.32 Å². The molecule has 0 aliphatic carbocycles. The lowest BCUT2D eigenvalue weighted by Crippen LogP contribution is -2.24. The van der Waals surface area contributed by atoms with E-state index in [-0.39, 0.29) is 11.9 Å². The minimum absolute atomic E-state index is 0.111. The predicted molar refractivity (Wildman–Crippen MR) is 83.0 cm³/mol. The van der Waals surface area contributed by atoms with Crippen molar-refractivity contribution in [2.75, 3.05) is 6.54 Å². The normalized spacial score (nSPS) is 12.4. The molecule has 1 N–H and O–H groups in total. The van der Waals surface area contributed by atoms with Crippen LogP contribution in [0.3, 0.4) is 0 Å². The molecule has 1 atom stereocenters. The lowest BCUT2D eigenvalue weighted by molar-refractivity contribution is 0.510. The first-order chi connectivity index (χ1) is 9.61. The fraction of sp³-hybridized carbons (Fsp3) is 0.250. The second-order valence-corrected chi connectivity index (χ2v) is 5.42. The topological polar surface area (TPSA) is 12.0 Å². The van der Waals surface area contributed by atoms with Gasteiger partial charge in [-0.2, -0.15) is 0 Å². The van der Waals surface area contributed by atoms with Gasteiger partial charge in [0.2, 0.25) is 0 Å². The van der Waals surface area contributed by atoms with Crippen molar-refractivity contribution >= 4 is 23.2 Å². The summed E-state index contributed by atoms with van der Waals surface area (Å²) in [6.07, 6.45) is 0.616. The average Bonchev–Trinajstić information content (AvgIpc) is 2.42. The first kappa shape index (κ1) is 15.3. The molecule has 0 radical (unpaired) electrons. The Kier molecular flexibility index (Phi) is 5.41. The number of halogens is 3. The molecule has 20 heavy (non-hydrogen) atoms. The summed E-state index contributed by atoms with van der Waals surface area (Å²) in [4.78, 5) is 0. The zero-order valence-electron chi connectivity index (χ0n) is 11.2. The Labute approximate surface area is 128 Å². The van der Waals surface area contributed by atoms with E-state index in [0.717, 1.165) is 12.1 Å². The van der Waals surface area contributed by atoms with Gasteiger partial charge in [0.25, 0.3) is 0 Å². The van der Waals surface area contributed by atoms with E-state index in [2.05, 4.69) is 5.32 Å². The predicted octanol–water partition coefficient (Wildman–Crippen LogP) is 5.03. The average molecular weight is 312 g/mol. The smallest absolute Gasteiger partial charge is 0.127 e. The molecule has 0 saturated heterocycles. The zero-order chi connectivity index (χ0) is 14.5. The van der Waals surface area contributed by atoms with Gasteiger partial charge >= 0.3 is 0 Å². The maximum atomic E-state index is 13.9. The molecule has 0 fully saturated rings. The lowest BCUT2D eigenvalue weighted by atomic mass is 9.98. The second kappa shape index (κ2) is 7.07. The van der Waals surface area contributed by atoms with Gasteiger partial charge in [-0.25, -0.2) is 4.39 Å². The maximum Gasteiger partial charge on any atom is 0.127 e. The van der Waals surface area contributed by atoms with Gasteiger partial charge in [0.15, 0.2) is 0 Å². The molecule has 0 spiro atoms. The highest BCUT2D eigenvalue weighted by atomic mass is 35.5. The Balaban J connectivity index is 2.28. The molecular formula is C16H16Cl2FN. The molecular weight excluding hydrogens is 296 g/mol. The molecule has 0 saturated carbocycles. The van der Waals surface area contributed by atoms with Gasteiger partial charge in [0, 0.05) is 21.7 Å². The third kappa shape index (κ3) is 3.72. The summed E-state index contributed by atoms with van der Waals surface area (Å²) >= 11 is 12.1. The first-order valence-electron chi connectivity index (χ1n) is 6.53. The lowest BCUT2D eigenvalue weighted by Gasteiger charge is -2.19. The largest absolute Gasteiger partial charge is 0.310 e. The molecule has 0 aliphatic heterocycles. The van der Waals surface area contributed by atoms with Crippen LogP contribution in [0.4, 0.5) is 4.39 Å². The van der Waals surface area contributed by atoms with E-state index < -0.39 is 0 Å². The van der Waals surface area contributed by atoms with Crippen molar-refractivity contribution in [1.29, 1.82) is 0 Å². The molecule has 0 bridgehead atoms. The summed E-state index contributed by atoms with van der Waals surface area (Å²) in [6.45, 7) is 2.75. The summed E-state index contributed by atoms with van der Waals surface area (Å²) in [6, 6.07) is 12.1. The van der Waals surface area contributed by atoms with Gasteiger partial charge in [0.05, 0.1) is 0 Å². The fourth-order valence-corrected chi connectivity index (χ4v) is 2.69. The molecule has 0 amide bonds. The summed E-state index contributed by atoms with van der Waals surface area (Å²) in [5.74, 6) is -0.205. The number of nitrogens with one attached hydrogen (secondary N) is 1. The molecule has 2 aromatic rings. The van der Waals surface area contributed by atoms with E-state index in [4.69, 9.17) is 23.2 Å². The highest BCUT2D eigenvalue weighted by Gasteiger charge is 2.16. The van der Waals surface area contributed by atoms with E-state index >= 15 is 0 Å². The number of likely N-dealkylation sites (N-methyl/N-ethyl adjacent to an activating group) is 1. The Morgan fingerprint density at radius 1 is 1.15 bits per heavy atom. The van der Waals surface area contributed by atoms with Crippen molar-refractivity contribution in [3.63, 3.8) is 0 Å². The third-order valence-corrected chi connectivity index (χ3v) is 3.76. The summed E-state index contributed by atoms with van der Waals surface area (Å²) in [7, 11) is 0. The Bertz CT molecular complexity index is 586. The van der Waals surface area contributed by atoms with Crippen molar-refractivity contribution in [2.24, 2.45) is 0 Å². The van der Waals surface area contributed by atoms with Crippen molar-refractivity contribution in [1.82, 2.24) is 5.32 Å². The van der Waals surface area contributed by atoms with Crippen molar-refractivity contribution < 1.29 is 4.39 Å². The van der Waals surface area contributed by atoms with Gasteiger partial charge < -0.3 is 5.32 Å². The van der Waals surface area contributed by atoms with E-state index in [1.54, 1.807) is 24.3 Å². The van der Waals surface area contributed by atoms with Crippen LogP contribution in [-0.2, 0) is 6.42 Å². The van der Waals surface area contributed by atoms with Gasteiger partial charge in [-0.3, -0.25) is 0 Å². The molecule has 2 rings (SSSR count). The number of rotatable bonds is 5. The van der Waals surface area contributed by atoms with Gasteiger partial charge in [-0.05, 0) is 36.7 Å². The molecule has 0 aromatic heterocycles. The molecule has 1 unspecified atom stereocenters. The highest BCUT2D eigenvalue weighted by Crippen LogP contribution is 2.27. The van der Waals surface area contributed by atoms with Gasteiger partial charge in [0.1, 0.15) is 5.82 Å². The van der Waals surface area contributed by atoms with Crippen LogP contribution in [0, 0.1) is 5.82 Å². The molecule has 1 nitrogen and oxygen atoms in total. The van der Waals surface area contributed by atoms with Crippen LogP contribution in [0.1, 0.15) is 24.1 Å². The quantitative estimate of drug-likeness (QED) is 0.817. The van der Waals surface area contributed by atoms with Crippen LogP contribution in [0.2, 0.25) is 10.0 Å². The van der Waals surface area contributed by atoms with Crippen molar-refractivity contribution in [2.45, 2.75) is 19.4 Å². The minimum atomic E-state index is -0.205. The second-order valence-electron chi connectivity index (χ2n) is 4.57. The Morgan fingerprint density at radius 3 is 2.55 bits per heavy atom. The summed E-state index contributed by atoms with van der Waals surface area (Å²) in [5, 5.41) is 4.51. The highest BCUT2D eigenvalue weighted by molar-refractivity contribution is 6.35. The van der Waals surface area contributed by atoms with E-state index in [0.29, 0.717) is 22.0 Å². The molecule has 0 heterocycles. The van der Waals surface area contributed by atoms with Gasteiger partial charge in [-0.15, -0.1) is 0 Å². The number of hydrogen-bond acceptors (Lipinski definition) is 1. The maximum absolute atomic E-state index is 13.9. The van der Waals surface area contributed by atoms with Crippen LogP contribution >= 0.6 is 23.2 Å². The summed E-state index contributed by atoms with van der Waals surface area (Å²) < 4.78 is 13.9. The van der Waals surface area contributed by atoms with Crippen LogP contribution in [0.25, 0.3) is 0 Å². The zero-order valence-corrected chi connectivity index (χ0v) is 12.7. The molecule has 0 aliphatic rings.